The third-order valence-corrected chi connectivity index (χ3v) is 4.72. The molecule has 100 valence electrons. The largest absolute Gasteiger partial charge is 0.316 e. The fraction of sp³-hybridized carbons (Fsp3) is 1.00. The van der Waals surface area contributed by atoms with Crippen LogP contribution in [-0.4, -0.2) is 37.6 Å². The maximum Gasteiger partial charge on any atom is 0.00218 e. The van der Waals surface area contributed by atoms with Gasteiger partial charge in [0.15, 0.2) is 0 Å². The van der Waals surface area contributed by atoms with Gasteiger partial charge in [-0.05, 0) is 76.0 Å². The summed E-state index contributed by atoms with van der Waals surface area (Å²) in [5.41, 5.74) is 0. The Labute approximate surface area is 107 Å². The molecule has 2 fully saturated rings. The average Bonchev–Trinajstić information content (AvgIpc) is 2.56. The molecule has 0 aromatic carbocycles. The van der Waals surface area contributed by atoms with Gasteiger partial charge in [0.05, 0.1) is 0 Å². The summed E-state index contributed by atoms with van der Waals surface area (Å²) in [6, 6.07) is 0. The smallest absolute Gasteiger partial charge is 0.00218 e. The first-order chi connectivity index (χ1) is 8.25. The SMILES string of the molecule is CC(C)C1CCCN(CC2CCCNC2)CC1. The molecule has 2 unspecified atom stereocenters. The third kappa shape index (κ3) is 4.26. The molecular formula is C15H30N2. The van der Waals surface area contributed by atoms with E-state index in [-0.39, 0.29) is 0 Å². The van der Waals surface area contributed by atoms with Gasteiger partial charge in [-0.1, -0.05) is 13.8 Å². The van der Waals surface area contributed by atoms with Crippen molar-refractivity contribution in [1.29, 1.82) is 0 Å². The quantitative estimate of drug-likeness (QED) is 0.813. The van der Waals surface area contributed by atoms with Crippen LogP contribution in [0.4, 0.5) is 0 Å². The minimum atomic E-state index is 0.881. The molecule has 0 spiro atoms. The molecular weight excluding hydrogens is 208 g/mol. The van der Waals surface area contributed by atoms with Gasteiger partial charge in [-0.15, -0.1) is 0 Å². The van der Waals surface area contributed by atoms with Crippen LogP contribution >= 0.6 is 0 Å². The Hall–Kier alpha value is -0.0800. The first kappa shape index (κ1) is 13.4. The van der Waals surface area contributed by atoms with E-state index in [9.17, 15) is 0 Å². The standard InChI is InChI=1S/C15H30N2/c1-13(2)15-6-4-9-17(10-7-15)12-14-5-3-8-16-11-14/h13-16H,3-12H2,1-2H3. The van der Waals surface area contributed by atoms with Gasteiger partial charge in [-0.2, -0.15) is 0 Å². The summed E-state index contributed by atoms with van der Waals surface area (Å²) in [6.45, 7) is 11.3. The van der Waals surface area contributed by atoms with Gasteiger partial charge in [0.1, 0.15) is 0 Å². The van der Waals surface area contributed by atoms with Crippen LogP contribution in [0, 0.1) is 17.8 Å². The van der Waals surface area contributed by atoms with Crippen LogP contribution in [-0.2, 0) is 0 Å². The van der Waals surface area contributed by atoms with E-state index < -0.39 is 0 Å². The molecule has 2 nitrogen and oxygen atoms in total. The average molecular weight is 238 g/mol. The van der Waals surface area contributed by atoms with Crippen LogP contribution in [0.5, 0.6) is 0 Å². The molecule has 0 bridgehead atoms. The molecule has 2 heteroatoms. The van der Waals surface area contributed by atoms with E-state index >= 15 is 0 Å². The molecule has 2 atom stereocenters. The van der Waals surface area contributed by atoms with Crippen molar-refractivity contribution in [2.45, 2.75) is 46.0 Å². The van der Waals surface area contributed by atoms with Crippen LogP contribution in [0.1, 0.15) is 46.0 Å². The summed E-state index contributed by atoms with van der Waals surface area (Å²) in [5, 5.41) is 3.54. The van der Waals surface area contributed by atoms with Gasteiger partial charge in [0, 0.05) is 6.54 Å². The van der Waals surface area contributed by atoms with Gasteiger partial charge >= 0.3 is 0 Å². The summed E-state index contributed by atoms with van der Waals surface area (Å²) < 4.78 is 0. The molecule has 2 rings (SSSR count). The Kier molecular flexibility index (Phi) is 5.30. The number of likely N-dealkylation sites (tertiary alicyclic amines) is 1. The molecule has 0 aliphatic carbocycles. The first-order valence-electron chi connectivity index (χ1n) is 7.69. The van der Waals surface area contributed by atoms with Crippen molar-refractivity contribution in [3.63, 3.8) is 0 Å². The molecule has 0 aromatic heterocycles. The molecule has 2 saturated heterocycles. The topological polar surface area (TPSA) is 15.3 Å². The highest BCUT2D eigenvalue weighted by Crippen LogP contribution is 2.25. The number of piperidine rings is 1. The van der Waals surface area contributed by atoms with E-state index in [1.54, 1.807) is 0 Å². The maximum atomic E-state index is 3.54. The number of hydrogen-bond donors (Lipinski definition) is 1. The van der Waals surface area contributed by atoms with Crippen molar-refractivity contribution in [1.82, 2.24) is 10.2 Å². The van der Waals surface area contributed by atoms with Crippen molar-refractivity contribution in [2.24, 2.45) is 17.8 Å². The van der Waals surface area contributed by atoms with Crippen LogP contribution in [0.3, 0.4) is 0 Å². The maximum absolute atomic E-state index is 3.54. The van der Waals surface area contributed by atoms with Crippen molar-refractivity contribution in [3.05, 3.63) is 0 Å². The van der Waals surface area contributed by atoms with Crippen LogP contribution in [0.2, 0.25) is 0 Å². The zero-order valence-electron chi connectivity index (χ0n) is 11.8. The normalized spacial score (nSPS) is 32.6. The van der Waals surface area contributed by atoms with E-state index in [0.717, 1.165) is 17.8 Å². The number of rotatable bonds is 3. The zero-order valence-corrected chi connectivity index (χ0v) is 11.8. The summed E-state index contributed by atoms with van der Waals surface area (Å²) >= 11 is 0. The zero-order chi connectivity index (χ0) is 12.1. The second-order valence-corrected chi connectivity index (χ2v) is 6.45. The van der Waals surface area contributed by atoms with E-state index in [4.69, 9.17) is 0 Å². The van der Waals surface area contributed by atoms with Crippen molar-refractivity contribution >= 4 is 0 Å². The lowest BCUT2D eigenvalue weighted by atomic mass is 9.89. The highest BCUT2D eigenvalue weighted by atomic mass is 15.1. The van der Waals surface area contributed by atoms with E-state index in [1.165, 1.54) is 64.8 Å². The predicted octanol–water partition coefficient (Wildman–Crippen LogP) is 2.74. The summed E-state index contributed by atoms with van der Waals surface area (Å²) in [4.78, 5) is 2.74. The van der Waals surface area contributed by atoms with E-state index in [0.29, 0.717) is 0 Å². The van der Waals surface area contributed by atoms with E-state index in [2.05, 4.69) is 24.1 Å². The van der Waals surface area contributed by atoms with Crippen LogP contribution < -0.4 is 5.32 Å². The second-order valence-electron chi connectivity index (χ2n) is 6.45. The molecule has 2 heterocycles. The van der Waals surface area contributed by atoms with Gasteiger partial charge < -0.3 is 10.2 Å². The summed E-state index contributed by atoms with van der Waals surface area (Å²) in [7, 11) is 0. The molecule has 0 saturated carbocycles. The molecule has 0 amide bonds. The summed E-state index contributed by atoms with van der Waals surface area (Å²) in [6.07, 6.45) is 7.13. The lowest BCUT2D eigenvalue weighted by Crippen LogP contribution is -2.38. The van der Waals surface area contributed by atoms with Crippen LogP contribution in [0.25, 0.3) is 0 Å². The molecule has 2 aliphatic rings. The van der Waals surface area contributed by atoms with Crippen LogP contribution in [0.15, 0.2) is 0 Å². The van der Waals surface area contributed by atoms with Gasteiger partial charge in [0.25, 0.3) is 0 Å². The molecule has 2 aliphatic heterocycles. The number of nitrogens with one attached hydrogen (secondary N) is 1. The van der Waals surface area contributed by atoms with Gasteiger partial charge in [-0.3, -0.25) is 0 Å². The molecule has 17 heavy (non-hydrogen) atoms. The summed E-state index contributed by atoms with van der Waals surface area (Å²) in [5.74, 6) is 2.77. The fourth-order valence-corrected chi connectivity index (χ4v) is 3.48. The van der Waals surface area contributed by atoms with Crippen molar-refractivity contribution < 1.29 is 0 Å². The Bertz CT molecular complexity index is 209. The Morgan fingerprint density at radius 3 is 2.71 bits per heavy atom. The van der Waals surface area contributed by atoms with E-state index in [1.807, 2.05) is 0 Å². The number of hydrogen-bond acceptors (Lipinski definition) is 2. The lowest BCUT2D eigenvalue weighted by molar-refractivity contribution is 0.209. The molecule has 0 aromatic rings. The lowest BCUT2D eigenvalue weighted by Gasteiger charge is -2.29. The Balaban J connectivity index is 1.74. The third-order valence-electron chi connectivity index (χ3n) is 4.72. The molecule has 0 radical (unpaired) electrons. The number of nitrogens with zero attached hydrogens (tertiary/aromatic N) is 1. The van der Waals surface area contributed by atoms with Crippen molar-refractivity contribution in [2.75, 3.05) is 32.7 Å². The highest BCUT2D eigenvalue weighted by Gasteiger charge is 2.22. The van der Waals surface area contributed by atoms with Crippen molar-refractivity contribution in [3.8, 4) is 0 Å². The van der Waals surface area contributed by atoms with Gasteiger partial charge in [0.2, 0.25) is 0 Å². The first-order valence-corrected chi connectivity index (χ1v) is 7.69. The van der Waals surface area contributed by atoms with Gasteiger partial charge in [-0.25, -0.2) is 0 Å². The minimum Gasteiger partial charge on any atom is -0.316 e. The minimum absolute atomic E-state index is 0.881. The second kappa shape index (κ2) is 6.75. The molecule has 1 N–H and O–H groups in total. The Morgan fingerprint density at radius 1 is 1.12 bits per heavy atom. The monoisotopic (exact) mass is 238 g/mol. The highest BCUT2D eigenvalue weighted by molar-refractivity contribution is 4.77. The fourth-order valence-electron chi connectivity index (χ4n) is 3.48. The predicted molar refractivity (Wildman–Crippen MR) is 74.2 cm³/mol. The Morgan fingerprint density at radius 2 is 2.00 bits per heavy atom.